The van der Waals surface area contributed by atoms with Crippen molar-refractivity contribution in [3.63, 3.8) is 0 Å². The summed E-state index contributed by atoms with van der Waals surface area (Å²) in [7, 11) is 0. The fourth-order valence-electron chi connectivity index (χ4n) is 3.98. The number of hydrogen-bond donors (Lipinski definition) is 1. The van der Waals surface area contributed by atoms with E-state index in [0.717, 1.165) is 52.4 Å². The molecule has 144 valence electrons. The SMILES string of the molecule is O=C(Nc1ccc(Br)cc1)C(Oc1cccc2ccccc12)C1CCCCC1. The zero-order chi connectivity index (χ0) is 19.3. The van der Waals surface area contributed by atoms with E-state index in [1.54, 1.807) is 0 Å². The Morgan fingerprint density at radius 1 is 0.929 bits per heavy atom. The van der Waals surface area contributed by atoms with Crippen LogP contribution in [0.15, 0.2) is 71.2 Å². The summed E-state index contributed by atoms with van der Waals surface area (Å²) in [5.74, 6) is 0.949. The van der Waals surface area contributed by atoms with Gasteiger partial charge in [-0.15, -0.1) is 0 Å². The second-order valence-electron chi connectivity index (χ2n) is 7.41. The lowest BCUT2D eigenvalue weighted by Gasteiger charge is -2.30. The summed E-state index contributed by atoms with van der Waals surface area (Å²) in [4.78, 5) is 13.2. The standard InChI is InChI=1S/C24H24BrNO2/c25-19-13-15-20(16-14-19)26-24(27)23(18-8-2-1-3-9-18)28-22-12-6-10-17-7-4-5-11-21(17)22/h4-7,10-16,18,23H,1-3,8-9H2,(H,26,27). The van der Waals surface area contributed by atoms with Gasteiger partial charge in [-0.25, -0.2) is 0 Å². The van der Waals surface area contributed by atoms with Crippen LogP contribution in [-0.2, 0) is 4.79 Å². The lowest BCUT2D eigenvalue weighted by Crippen LogP contribution is -2.40. The molecular weight excluding hydrogens is 414 g/mol. The molecule has 0 aromatic heterocycles. The van der Waals surface area contributed by atoms with E-state index < -0.39 is 6.10 Å². The first kappa shape index (κ1) is 19.0. The van der Waals surface area contributed by atoms with Crippen LogP contribution < -0.4 is 10.1 Å². The van der Waals surface area contributed by atoms with Crippen LogP contribution in [0.1, 0.15) is 32.1 Å². The molecule has 4 rings (SSSR count). The number of carbonyl (C=O) groups is 1. The largest absolute Gasteiger partial charge is 0.480 e. The van der Waals surface area contributed by atoms with Crippen LogP contribution in [0.3, 0.4) is 0 Å². The highest BCUT2D eigenvalue weighted by molar-refractivity contribution is 9.10. The molecule has 1 atom stereocenters. The lowest BCUT2D eigenvalue weighted by atomic mass is 9.84. The van der Waals surface area contributed by atoms with E-state index in [-0.39, 0.29) is 11.8 Å². The van der Waals surface area contributed by atoms with E-state index in [9.17, 15) is 4.79 Å². The highest BCUT2D eigenvalue weighted by atomic mass is 79.9. The zero-order valence-electron chi connectivity index (χ0n) is 15.7. The van der Waals surface area contributed by atoms with Crippen molar-refractivity contribution in [3.05, 3.63) is 71.2 Å². The number of fused-ring (bicyclic) bond motifs is 1. The molecule has 4 heteroatoms. The summed E-state index contributed by atoms with van der Waals surface area (Å²) in [5.41, 5.74) is 0.788. The summed E-state index contributed by atoms with van der Waals surface area (Å²) >= 11 is 3.43. The van der Waals surface area contributed by atoms with Crippen molar-refractivity contribution < 1.29 is 9.53 Å². The molecule has 0 spiro atoms. The number of amides is 1. The first-order valence-electron chi connectivity index (χ1n) is 9.91. The van der Waals surface area contributed by atoms with Crippen molar-refractivity contribution in [1.82, 2.24) is 0 Å². The van der Waals surface area contributed by atoms with Gasteiger partial charge in [-0.2, -0.15) is 0 Å². The minimum absolute atomic E-state index is 0.0674. The van der Waals surface area contributed by atoms with Crippen LogP contribution in [0.2, 0.25) is 0 Å². The van der Waals surface area contributed by atoms with Crippen molar-refractivity contribution >= 4 is 38.3 Å². The van der Waals surface area contributed by atoms with Gasteiger partial charge in [-0.05, 0) is 48.6 Å². The normalized spacial score (nSPS) is 15.9. The number of nitrogens with one attached hydrogen (secondary N) is 1. The van der Waals surface area contributed by atoms with Crippen LogP contribution >= 0.6 is 15.9 Å². The molecule has 0 radical (unpaired) electrons. The first-order valence-corrected chi connectivity index (χ1v) is 10.7. The molecule has 1 aliphatic carbocycles. The van der Waals surface area contributed by atoms with Gasteiger partial charge in [0.2, 0.25) is 0 Å². The van der Waals surface area contributed by atoms with Crippen molar-refractivity contribution in [2.24, 2.45) is 5.92 Å². The molecule has 1 unspecified atom stereocenters. The van der Waals surface area contributed by atoms with Crippen molar-refractivity contribution in [2.75, 3.05) is 5.32 Å². The first-order chi connectivity index (χ1) is 13.7. The van der Waals surface area contributed by atoms with Crippen LogP contribution in [0.5, 0.6) is 5.75 Å². The maximum absolute atomic E-state index is 13.2. The molecule has 1 saturated carbocycles. The molecule has 3 nitrogen and oxygen atoms in total. The number of ether oxygens (including phenoxy) is 1. The molecule has 1 aliphatic rings. The van der Waals surface area contributed by atoms with Gasteiger partial charge in [-0.1, -0.05) is 71.6 Å². The monoisotopic (exact) mass is 437 g/mol. The third-order valence-electron chi connectivity index (χ3n) is 5.45. The van der Waals surface area contributed by atoms with Gasteiger partial charge in [0.15, 0.2) is 6.10 Å². The molecule has 1 N–H and O–H groups in total. The van der Waals surface area contributed by atoms with E-state index in [2.05, 4.69) is 39.4 Å². The van der Waals surface area contributed by atoms with Gasteiger partial charge in [-0.3, -0.25) is 4.79 Å². The fraction of sp³-hybridized carbons (Fsp3) is 0.292. The Labute approximate surface area is 174 Å². The maximum Gasteiger partial charge on any atom is 0.265 e. The molecule has 1 fully saturated rings. The quantitative estimate of drug-likeness (QED) is 0.489. The summed E-state index contributed by atoms with van der Waals surface area (Å²) in [6.45, 7) is 0. The average molecular weight is 438 g/mol. The molecule has 0 aliphatic heterocycles. The minimum Gasteiger partial charge on any atom is -0.480 e. The van der Waals surface area contributed by atoms with Crippen LogP contribution in [0.4, 0.5) is 5.69 Å². The molecule has 3 aromatic rings. The molecule has 3 aromatic carbocycles. The molecule has 0 bridgehead atoms. The number of benzene rings is 3. The van der Waals surface area contributed by atoms with Crippen LogP contribution in [0.25, 0.3) is 10.8 Å². The molecule has 0 heterocycles. The van der Waals surface area contributed by atoms with Gasteiger partial charge in [0.05, 0.1) is 0 Å². The third kappa shape index (κ3) is 4.39. The number of halogens is 1. The van der Waals surface area contributed by atoms with Gasteiger partial charge >= 0.3 is 0 Å². The molecule has 28 heavy (non-hydrogen) atoms. The van der Waals surface area contributed by atoms with Crippen molar-refractivity contribution in [2.45, 2.75) is 38.2 Å². The van der Waals surface area contributed by atoms with E-state index in [0.29, 0.717) is 0 Å². The Kier molecular flexibility index (Phi) is 5.96. The number of carbonyl (C=O) groups excluding carboxylic acids is 1. The highest BCUT2D eigenvalue weighted by Crippen LogP contribution is 2.32. The maximum atomic E-state index is 13.2. The van der Waals surface area contributed by atoms with E-state index in [1.807, 2.05) is 48.5 Å². The fourth-order valence-corrected chi connectivity index (χ4v) is 4.25. The van der Waals surface area contributed by atoms with Gasteiger partial charge < -0.3 is 10.1 Å². The Morgan fingerprint density at radius 2 is 1.64 bits per heavy atom. The summed E-state index contributed by atoms with van der Waals surface area (Å²) in [6.07, 6.45) is 5.13. The zero-order valence-corrected chi connectivity index (χ0v) is 17.3. The number of anilines is 1. The summed E-state index contributed by atoms with van der Waals surface area (Å²) in [6, 6.07) is 21.8. The van der Waals surface area contributed by atoms with Crippen LogP contribution in [-0.4, -0.2) is 12.0 Å². The molecular formula is C24H24BrNO2. The Morgan fingerprint density at radius 3 is 2.43 bits per heavy atom. The highest BCUT2D eigenvalue weighted by Gasteiger charge is 2.32. The second-order valence-corrected chi connectivity index (χ2v) is 8.33. The minimum atomic E-state index is -0.491. The molecule has 1 amide bonds. The Hall–Kier alpha value is -2.33. The van der Waals surface area contributed by atoms with E-state index >= 15 is 0 Å². The van der Waals surface area contributed by atoms with Crippen LogP contribution in [0, 0.1) is 5.92 Å². The average Bonchev–Trinajstić information content (AvgIpc) is 2.74. The smallest absolute Gasteiger partial charge is 0.265 e. The number of rotatable bonds is 5. The van der Waals surface area contributed by atoms with Crippen molar-refractivity contribution in [1.29, 1.82) is 0 Å². The molecule has 0 saturated heterocycles. The Bertz CT molecular complexity index is 943. The topological polar surface area (TPSA) is 38.3 Å². The van der Waals surface area contributed by atoms with Gasteiger partial charge in [0.1, 0.15) is 5.75 Å². The predicted octanol–water partition coefficient (Wildman–Crippen LogP) is 6.57. The van der Waals surface area contributed by atoms with E-state index in [1.165, 1.54) is 6.42 Å². The Balaban J connectivity index is 1.61. The summed E-state index contributed by atoms with van der Waals surface area (Å²) in [5, 5.41) is 5.21. The van der Waals surface area contributed by atoms with Gasteiger partial charge in [0.25, 0.3) is 5.91 Å². The number of hydrogen-bond acceptors (Lipinski definition) is 2. The third-order valence-corrected chi connectivity index (χ3v) is 5.98. The predicted molar refractivity (Wildman–Crippen MR) is 118 cm³/mol. The van der Waals surface area contributed by atoms with Gasteiger partial charge in [0, 0.05) is 21.5 Å². The second kappa shape index (κ2) is 8.78. The lowest BCUT2D eigenvalue weighted by molar-refractivity contribution is -0.125. The van der Waals surface area contributed by atoms with E-state index in [4.69, 9.17) is 4.74 Å². The summed E-state index contributed by atoms with van der Waals surface area (Å²) < 4.78 is 7.39. The van der Waals surface area contributed by atoms with Crippen molar-refractivity contribution in [3.8, 4) is 5.75 Å².